The number of nitrogens with one attached hydrogen (secondary N) is 1. The zero-order chi connectivity index (χ0) is 25.2. The number of aromatic nitrogens is 1. The van der Waals surface area contributed by atoms with Gasteiger partial charge in [0.05, 0.1) is 29.2 Å². The summed E-state index contributed by atoms with van der Waals surface area (Å²) < 4.78 is 5.75. The summed E-state index contributed by atoms with van der Waals surface area (Å²) in [5.74, 6) is 0.636. The van der Waals surface area contributed by atoms with Gasteiger partial charge < -0.3 is 20.1 Å². The SMILES string of the molecule is CC(C)Oc1ccc(-c2ncc(-c3cccc4c3CCC4NCC(=O)N3CC[C@H](O)C3)s2)cc1C#N. The van der Waals surface area contributed by atoms with Crippen LogP contribution in [0.15, 0.2) is 42.6 Å². The number of hydrogen-bond donors (Lipinski definition) is 2. The van der Waals surface area contributed by atoms with Crippen LogP contribution in [0.1, 0.15) is 49.4 Å². The summed E-state index contributed by atoms with van der Waals surface area (Å²) in [5.41, 5.74) is 5.11. The van der Waals surface area contributed by atoms with Crippen molar-refractivity contribution < 1.29 is 14.6 Å². The van der Waals surface area contributed by atoms with Crippen molar-refractivity contribution in [3.05, 3.63) is 59.3 Å². The highest BCUT2D eigenvalue weighted by Crippen LogP contribution is 2.41. The largest absolute Gasteiger partial charge is 0.490 e. The van der Waals surface area contributed by atoms with E-state index in [9.17, 15) is 15.2 Å². The predicted molar refractivity (Wildman–Crippen MR) is 140 cm³/mol. The maximum absolute atomic E-state index is 12.5. The molecule has 5 rings (SSSR count). The fourth-order valence-electron chi connectivity index (χ4n) is 5.03. The number of fused-ring (bicyclic) bond motifs is 1. The molecule has 0 spiro atoms. The number of carbonyl (C=O) groups excluding carboxylic acids is 1. The lowest BCUT2D eigenvalue weighted by Crippen LogP contribution is -2.38. The predicted octanol–water partition coefficient (Wildman–Crippen LogP) is 4.31. The van der Waals surface area contributed by atoms with Gasteiger partial charge >= 0.3 is 0 Å². The average molecular weight is 503 g/mol. The van der Waals surface area contributed by atoms with Crippen LogP contribution >= 0.6 is 11.3 Å². The van der Waals surface area contributed by atoms with Crippen molar-refractivity contribution in [3.8, 4) is 32.8 Å². The molecule has 0 saturated carbocycles. The third kappa shape index (κ3) is 5.00. The number of ether oxygens (including phenoxy) is 1. The normalized spacial score (nSPS) is 18.9. The van der Waals surface area contributed by atoms with Crippen molar-refractivity contribution in [2.24, 2.45) is 0 Å². The van der Waals surface area contributed by atoms with Crippen molar-refractivity contribution in [2.45, 2.75) is 51.4 Å². The van der Waals surface area contributed by atoms with E-state index < -0.39 is 6.10 Å². The van der Waals surface area contributed by atoms with Crippen LogP contribution in [0.5, 0.6) is 5.75 Å². The summed E-state index contributed by atoms with van der Waals surface area (Å²) in [5, 5.41) is 23.6. The Balaban J connectivity index is 1.32. The number of amides is 1. The monoisotopic (exact) mass is 502 g/mol. The minimum absolute atomic E-state index is 0.000793. The van der Waals surface area contributed by atoms with E-state index in [2.05, 4.69) is 34.6 Å². The Morgan fingerprint density at radius 3 is 2.94 bits per heavy atom. The first-order valence-corrected chi connectivity index (χ1v) is 13.2. The van der Waals surface area contributed by atoms with Gasteiger partial charge in [0.25, 0.3) is 0 Å². The molecular weight excluding hydrogens is 472 g/mol. The molecule has 1 saturated heterocycles. The summed E-state index contributed by atoms with van der Waals surface area (Å²) in [6.07, 6.45) is 4.04. The van der Waals surface area contributed by atoms with Gasteiger partial charge in [-0.3, -0.25) is 4.79 Å². The number of thiazole rings is 1. The second kappa shape index (κ2) is 10.4. The van der Waals surface area contributed by atoms with Gasteiger partial charge in [0.2, 0.25) is 5.91 Å². The molecule has 8 heteroatoms. The molecule has 2 aliphatic rings. The Kier molecular flexibility index (Phi) is 7.06. The molecule has 1 aliphatic heterocycles. The summed E-state index contributed by atoms with van der Waals surface area (Å²) in [6, 6.07) is 14.3. The van der Waals surface area contributed by atoms with Gasteiger partial charge in [0.1, 0.15) is 16.8 Å². The molecule has 1 amide bonds. The highest BCUT2D eigenvalue weighted by Gasteiger charge is 2.28. The molecule has 0 radical (unpaired) electrons. The number of rotatable bonds is 7. The van der Waals surface area contributed by atoms with Crippen LogP contribution in [-0.2, 0) is 11.2 Å². The molecule has 1 aliphatic carbocycles. The average Bonchev–Trinajstić information content (AvgIpc) is 3.62. The number of aliphatic hydroxyl groups is 1. The Bertz CT molecular complexity index is 1310. The van der Waals surface area contributed by atoms with Gasteiger partial charge in [-0.2, -0.15) is 5.26 Å². The van der Waals surface area contributed by atoms with Gasteiger partial charge in [0, 0.05) is 30.9 Å². The van der Waals surface area contributed by atoms with Crippen molar-refractivity contribution in [2.75, 3.05) is 19.6 Å². The van der Waals surface area contributed by atoms with E-state index >= 15 is 0 Å². The molecule has 36 heavy (non-hydrogen) atoms. The zero-order valence-electron chi connectivity index (χ0n) is 20.5. The fourth-order valence-corrected chi connectivity index (χ4v) is 5.99. The van der Waals surface area contributed by atoms with E-state index in [0.717, 1.165) is 28.3 Å². The van der Waals surface area contributed by atoms with Crippen molar-refractivity contribution in [1.29, 1.82) is 5.26 Å². The van der Waals surface area contributed by atoms with E-state index in [1.165, 1.54) is 16.7 Å². The summed E-state index contributed by atoms with van der Waals surface area (Å²) in [6.45, 7) is 5.23. The van der Waals surface area contributed by atoms with E-state index in [0.29, 0.717) is 30.8 Å². The number of hydrogen-bond acceptors (Lipinski definition) is 7. The Hall–Kier alpha value is -3.25. The van der Waals surface area contributed by atoms with Crippen molar-refractivity contribution in [1.82, 2.24) is 15.2 Å². The summed E-state index contributed by atoms with van der Waals surface area (Å²) in [7, 11) is 0. The van der Waals surface area contributed by atoms with Crippen LogP contribution in [0, 0.1) is 11.3 Å². The van der Waals surface area contributed by atoms with Crippen molar-refractivity contribution >= 4 is 17.2 Å². The van der Waals surface area contributed by atoms with Gasteiger partial charge in [-0.05, 0) is 68.0 Å². The second-order valence-electron chi connectivity index (χ2n) is 9.65. The van der Waals surface area contributed by atoms with Gasteiger partial charge in [-0.1, -0.05) is 18.2 Å². The topological polar surface area (TPSA) is 98.5 Å². The third-order valence-corrected chi connectivity index (χ3v) is 7.85. The molecule has 2 heterocycles. The lowest BCUT2D eigenvalue weighted by atomic mass is 10.0. The first-order valence-electron chi connectivity index (χ1n) is 12.4. The van der Waals surface area contributed by atoms with Crippen LogP contribution in [0.4, 0.5) is 0 Å². The van der Waals surface area contributed by atoms with E-state index in [4.69, 9.17) is 4.74 Å². The van der Waals surface area contributed by atoms with Crippen LogP contribution in [-0.4, -0.2) is 52.7 Å². The number of β-amino-alcohol motifs (C(OH)–C–C–N with tert-alkyl or cyclic N) is 1. The van der Waals surface area contributed by atoms with Gasteiger partial charge in [-0.15, -0.1) is 11.3 Å². The van der Waals surface area contributed by atoms with Crippen LogP contribution < -0.4 is 10.1 Å². The number of aliphatic hydroxyl groups excluding tert-OH is 1. The Morgan fingerprint density at radius 2 is 2.19 bits per heavy atom. The molecule has 1 aromatic heterocycles. The Morgan fingerprint density at radius 1 is 1.33 bits per heavy atom. The van der Waals surface area contributed by atoms with Crippen LogP contribution in [0.25, 0.3) is 21.0 Å². The van der Waals surface area contributed by atoms with Gasteiger partial charge in [0.15, 0.2) is 0 Å². The molecule has 0 bridgehead atoms. The fraction of sp³-hybridized carbons (Fsp3) is 0.393. The molecule has 2 atom stereocenters. The molecule has 2 N–H and O–H groups in total. The Labute approximate surface area is 215 Å². The molecule has 2 aromatic carbocycles. The standard InChI is InChI=1S/C28H30N4O3S/c1-17(2)35-25-9-6-18(12-19(25)13-29)28-31-14-26(36-28)23-5-3-4-22-21(23)7-8-24(22)30-15-27(34)32-11-10-20(33)16-32/h3-6,9,12,14,17,20,24,30,33H,7-8,10-11,15-16H2,1-2H3/t20-,24?/m0/s1. The molecular formula is C28H30N4O3S. The smallest absolute Gasteiger partial charge is 0.236 e. The molecule has 3 aromatic rings. The van der Waals surface area contributed by atoms with Crippen LogP contribution in [0.2, 0.25) is 0 Å². The number of carbonyl (C=O) groups is 1. The van der Waals surface area contributed by atoms with Crippen LogP contribution in [0.3, 0.4) is 0 Å². The maximum Gasteiger partial charge on any atom is 0.236 e. The van der Waals surface area contributed by atoms with E-state index in [1.54, 1.807) is 16.2 Å². The minimum atomic E-state index is -0.397. The minimum Gasteiger partial charge on any atom is -0.490 e. The third-order valence-electron chi connectivity index (χ3n) is 6.77. The van der Waals surface area contributed by atoms with E-state index in [-0.39, 0.29) is 24.6 Å². The molecule has 186 valence electrons. The highest BCUT2D eigenvalue weighted by molar-refractivity contribution is 7.18. The molecule has 1 unspecified atom stereocenters. The number of nitriles is 1. The zero-order valence-corrected chi connectivity index (χ0v) is 21.3. The summed E-state index contributed by atoms with van der Waals surface area (Å²) in [4.78, 5) is 20.0. The van der Waals surface area contributed by atoms with Gasteiger partial charge in [-0.25, -0.2) is 4.98 Å². The number of nitrogens with zero attached hydrogens (tertiary/aromatic N) is 3. The quantitative estimate of drug-likeness (QED) is 0.500. The first kappa shape index (κ1) is 24.4. The lowest BCUT2D eigenvalue weighted by Gasteiger charge is -2.19. The highest BCUT2D eigenvalue weighted by atomic mass is 32.1. The summed E-state index contributed by atoms with van der Waals surface area (Å²) >= 11 is 1.61. The maximum atomic E-state index is 12.5. The first-order chi connectivity index (χ1) is 17.4. The molecule has 7 nitrogen and oxygen atoms in total. The number of benzene rings is 2. The molecule has 1 fully saturated rings. The second-order valence-corrected chi connectivity index (χ2v) is 10.7. The lowest BCUT2D eigenvalue weighted by molar-refractivity contribution is -0.129. The number of likely N-dealkylation sites (tertiary alicyclic amines) is 1. The van der Waals surface area contributed by atoms with Crippen molar-refractivity contribution in [3.63, 3.8) is 0 Å². The van der Waals surface area contributed by atoms with E-state index in [1.807, 2.05) is 38.2 Å².